The van der Waals surface area contributed by atoms with Crippen molar-refractivity contribution in [2.75, 3.05) is 16.8 Å². The molecule has 0 bridgehead atoms. The van der Waals surface area contributed by atoms with E-state index >= 15 is 0 Å². The fraction of sp³-hybridized carbons (Fsp3) is 0.222. The Morgan fingerprint density at radius 3 is 2.54 bits per heavy atom. The Labute approximate surface area is 145 Å². The molecular weight excluding hydrogens is 331 g/mol. The van der Waals surface area contributed by atoms with Gasteiger partial charge in [0.25, 0.3) is 0 Å². The molecule has 0 unspecified atom stereocenters. The van der Waals surface area contributed by atoms with Crippen molar-refractivity contribution in [3.8, 4) is 0 Å². The Balaban J connectivity index is 2.01. The van der Waals surface area contributed by atoms with Gasteiger partial charge in [0.05, 0.1) is 5.02 Å². The molecule has 0 atom stereocenters. The van der Waals surface area contributed by atoms with Crippen molar-refractivity contribution in [2.45, 2.75) is 20.3 Å². The number of amides is 2. The summed E-state index contributed by atoms with van der Waals surface area (Å²) >= 11 is 5.68. The Morgan fingerprint density at radius 1 is 1.21 bits per heavy atom. The molecule has 2 aromatic rings. The average Bonchev–Trinajstić information content (AvgIpc) is 2.52. The molecule has 0 saturated heterocycles. The van der Waals surface area contributed by atoms with E-state index < -0.39 is 5.82 Å². The van der Waals surface area contributed by atoms with Gasteiger partial charge < -0.3 is 10.2 Å². The van der Waals surface area contributed by atoms with Crippen LogP contribution in [0.25, 0.3) is 0 Å². The van der Waals surface area contributed by atoms with E-state index in [-0.39, 0.29) is 29.8 Å². The standard InChI is InChI=1S/C18H18ClFN2O2/c1-12-5-3-4-6-17(12)22(13(2)23)10-9-18(24)21-14-7-8-16(20)15(19)11-14/h3-8,11H,9-10H2,1-2H3,(H,21,24). The zero-order chi connectivity index (χ0) is 17.7. The maximum atomic E-state index is 13.1. The van der Waals surface area contributed by atoms with Crippen LogP contribution in [-0.2, 0) is 9.59 Å². The Bertz CT molecular complexity index is 764. The van der Waals surface area contributed by atoms with Gasteiger partial charge in [0.2, 0.25) is 11.8 Å². The largest absolute Gasteiger partial charge is 0.326 e. The van der Waals surface area contributed by atoms with Gasteiger partial charge in [-0.1, -0.05) is 29.8 Å². The third-order valence-corrected chi connectivity index (χ3v) is 3.84. The topological polar surface area (TPSA) is 49.4 Å². The fourth-order valence-electron chi connectivity index (χ4n) is 2.32. The van der Waals surface area contributed by atoms with Gasteiger partial charge in [-0.3, -0.25) is 9.59 Å². The smallest absolute Gasteiger partial charge is 0.226 e. The summed E-state index contributed by atoms with van der Waals surface area (Å²) in [4.78, 5) is 25.5. The zero-order valence-electron chi connectivity index (χ0n) is 13.5. The number of halogens is 2. The van der Waals surface area contributed by atoms with Crippen LogP contribution in [0.5, 0.6) is 0 Å². The highest BCUT2D eigenvalue weighted by Gasteiger charge is 2.15. The number of anilines is 2. The van der Waals surface area contributed by atoms with Crippen molar-refractivity contribution < 1.29 is 14.0 Å². The Kier molecular flexibility index (Phi) is 5.93. The number of aryl methyl sites for hydroxylation is 1. The second-order valence-corrected chi connectivity index (χ2v) is 5.79. The fourth-order valence-corrected chi connectivity index (χ4v) is 2.51. The minimum atomic E-state index is -0.544. The van der Waals surface area contributed by atoms with Crippen molar-refractivity contribution in [3.63, 3.8) is 0 Å². The second-order valence-electron chi connectivity index (χ2n) is 5.38. The molecule has 2 amide bonds. The van der Waals surface area contributed by atoms with Crippen LogP contribution in [0.15, 0.2) is 42.5 Å². The lowest BCUT2D eigenvalue weighted by molar-refractivity contribution is -0.117. The molecule has 0 fully saturated rings. The van der Waals surface area contributed by atoms with Crippen molar-refractivity contribution >= 4 is 34.8 Å². The highest BCUT2D eigenvalue weighted by atomic mass is 35.5. The average molecular weight is 349 g/mol. The molecule has 24 heavy (non-hydrogen) atoms. The first-order chi connectivity index (χ1) is 11.4. The number of benzene rings is 2. The van der Waals surface area contributed by atoms with Crippen LogP contribution >= 0.6 is 11.6 Å². The SMILES string of the molecule is CC(=O)N(CCC(=O)Nc1ccc(F)c(Cl)c1)c1ccccc1C. The van der Waals surface area contributed by atoms with E-state index in [1.54, 1.807) is 4.90 Å². The van der Waals surface area contributed by atoms with Crippen molar-refractivity contribution in [3.05, 3.63) is 58.9 Å². The summed E-state index contributed by atoms with van der Waals surface area (Å²) in [5, 5.41) is 2.58. The van der Waals surface area contributed by atoms with Gasteiger partial charge in [-0.25, -0.2) is 4.39 Å². The summed E-state index contributed by atoms with van der Waals surface area (Å²) in [6.45, 7) is 3.62. The van der Waals surface area contributed by atoms with Crippen LogP contribution < -0.4 is 10.2 Å². The van der Waals surface area contributed by atoms with Crippen LogP contribution in [0.3, 0.4) is 0 Å². The third-order valence-electron chi connectivity index (χ3n) is 3.55. The summed E-state index contributed by atoms with van der Waals surface area (Å²) in [5.41, 5.74) is 2.15. The van der Waals surface area contributed by atoms with Crippen molar-refractivity contribution in [1.29, 1.82) is 0 Å². The second kappa shape index (κ2) is 7.93. The minimum Gasteiger partial charge on any atom is -0.326 e. The van der Waals surface area contributed by atoms with Crippen molar-refractivity contribution in [1.82, 2.24) is 0 Å². The number of hydrogen-bond acceptors (Lipinski definition) is 2. The van der Waals surface area contributed by atoms with Gasteiger partial charge >= 0.3 is 0 Å². The molecule has 0 heterocycles. The molecule has 0 radical (unpaired) electrons. The molecule has 2 aromatic carbocycles. The summed E-state index contributed by atoms with van der Waals surface area (Å²) < 4.78 is 13.1. The molecule has 6 heteroatoms. The number of nitrogens with one attached hydrogen (secondary N) is 1. The van der Waals surface area contributed by atoms with Gasteiger partial charge in [-0.05, 0) is 36.8 Å². The van der Waals surface area contributed by atoms with Crippen LogP contribution in [0.4, 0.5) is 15.8 Å². The summed E-state index contributed by atoms with van der Waals surface area (Å²) in [7, 11) is 0. The molecule has 4 nitrogen and oxygen atoms in total. The van der Waals surface area contributed by atoms with E-state index in [0.717, 1.165) is 11.3 Å². The van der Waals surface area contributed by atoms with Gasteiger partial charge in [-0.15, -0.1) is 0 Å². The third kappa shape index (κ3) is 4.55. The molecule has 1 N–H and O–H groups in total. The number of carbonyl (C=O) groups is 2. The molecule has 0 aliphatic heterocycles. The highest BCUT2D eigenvalue weighted by molar-refractivity contribution is 6.31. The quantitative estimate of drug-likeness (QED) is 0.881. The maximum absolute atomic E-state index is 13.1. The van der Waals surface area contributed by atoms with E-state index in [1.807, 2.05) is 31.2 Å². The number of nitrogens with zero attached hydrogens (tertiary/aromatic N) is 1. The minimum absolute atomic E-state index is 0.0573. The van der Waals surface area contributed by atoms with E-state index in [9.17, 15) is 14.0 Å². The Hall–Kier alpha value is -2.40. The van der Waals surface area contributed by atoms with Crippen molar-refractivity contribution in [2.24, 2.45) is 0 Å². The first kappa shape index (κ1) is 17.9. The maximum Gasteiger partial charge on any atom is 0.226 e. The summed E-state index contributed by atoms with van der Waals surface area (Å²) in [6, 6.07) is 11.5. The number of rotatable bonds is 5. The predicted molar refractivity (Wildman–Crippen MR) is 93.9 cm³/mol. The molecule has 0 saturated carbocycles. The first-order valence-corrected chi connectivity index (χ1v) is 7.85. The monoisotopic (exact) mass is 348 g/mol. The van der Waals surface area contributed by atoms with Crippen LogP contribution in [-0.4, -0.2) is 18.4 Å². The Morgan fingerprint density at radius 2 is 1.92 bits per heavy atom. The van der Waals surface area contributed by atoms with Crippen LogP contribution in [0.1, 0.15) is 18.9 Å². The molecule has 2 rings (SSSR count). The molecule has 0 aliphatic rings. The van der Waals surface area contributed by atoms with Gasteiger partial charge in [-0.2, -0.15) is 0 Å². The lowest BCUT2D eigenvalue weighted by Crippen LogP contribution is -2.32. The van der Waals surface area contributed by atoms with Crippen LogP contribution in [0, 0.1) is 12.7 Å². The van der Waals surface area contributed by atoms with E-state index in [2.05, 4.69) is 5.32 Å². The zero-order valence-corrected chi connectivity index (χ0v) is 14.2. The van der Waals surface area contributed by atoms with Gasteiger partial charge in [0.15, 0.2) is 0 Å². The normalized spacial score (nSPS) is 10.3. The van der Waals surface area contributed by atoms with Gasteiger partial charge in [0, 0.05) is 31.3 Å². The molecule has 0 aliphatic carbocycles. The number of hydrogen-bond donors (Lipinski definition) is 1. The van der Waals surface area contributed by atoms with E-state index in [4.69, 9.17) is 11.6 Å². The van der Waals surface area contributed by atoms with E-state index in [0.29, 0.717) is 5.69 Å². The summed E-state index contributed by atoms with van der Waals surface area (Å²) in [6.07, 6.45) is 0.114. The van der Waals surface area contributed by atoms with E-state index in [1.165, 1.54) is 25.1 Å². The first-order valence-electron chi connectivity index (χ1n) is 7.47. The molecule has 0 aromatic heterocycles. The predicted octanol–water partition coefficient (Wildman–Crippen LogP) is 4.17. The number of carbonyl (C=O) groups excluding carboxylic acids is 2. The lowest BCUT2D eigenvalue weighted by Gasteiger charge is -2.22. The lowest BCUT2D eigenvalue weighted by atomic mass is 10.1. The molecule has 126 valence electrons. The van der Waals surface area contributed by atoms with Gasteiger partial charge in [0.1, 0.15) is 5.82 Å². The molecule has 0 spiro atoms. The molecular formula is C18H18ClFN2O2. The van der Waals surface area contributed by atoms with Crippen LogP contribution in [0.2, 0.25) is 5.02 Å². The highest BCUT2D eigenvalue weighted by Crippen LogP contribution is 2.21. The number of para-hydroxylation sites is 1. The summed E-state index contributed by atoms with van der Waals surface area (Å²) in [5.74, 6) is -0.962.